The first-order valence-corrected chi connectivity index (χ1v) is 9.26. The molecule has 2 N–H and O–H groups in total. The summed E-state index contributed by atoms with van der Waals surface area (Å²) in [5, 5.41) is 0.786. The number of aliphatic imine (C=N–C) groups is 1. The van der Waals surface area contributed by atoms with E-state index in [2.05, 4.69) is 31.2 Å². The number of benzene rings is 2. The van der Waals surface area contributed by atoms with Gasteiger partial charge in [0.15, 0.2) is 0 Å². The molecule has 132 valence electrons. The van der Waals surface area contributed by atoms with E-state index in [-0.39, 0.29) is 0 Å². The number of hydrogen-bond acceptors (Lipinski definition) is 3. The van der Waals surface area contributed by atoms with Crippen LogP contribution in [0.15, 0.2) is 47.5 Å². The smallest absolute Gasteiger partial charge is 0.119 e. The summed E-state index contributed by atoms with van der Waals surface area (Å²) in [6, 6.07) is 14.4. The lowest BCUT2D eigenvalue weighted by Crippen LogP contribution is -2.24. The second-order valence-electron chi connectivity index (χ2n) is 6.49. The summed E-state index contributed by atoms with van der Waals surface area (Å²) in [6.07, 6.45) is 3.22. The minimum Gasteiger partial charge on any atom is -0.492 e. The Hall–Kier alpha value is -1.84. The topological polar surface area (TPSA) is 47.6 Å². The van der Waals surface area contributed by atoms with E-state index < -0.39 is 0 Å². The van der Waals surface area contributed by atoms with Crippen molar-refractivity contribution in [3.05, 3.63) is 64.2 Å². The SMILES string of the molecule is Cc1ccc(OCCN)cc1CC/N=C1\CCC1c1ccc(Cl)cc1. The van der Waals surface area contributed by atoms with Crippen molar-refractivity contribution in [3.8, 4) is 5.75 Å². The van der Waals surface area contributed by atoms with Gasteiger partial charge in [-0.05, 0) is 67.1 Å². The van der Waals surface area contributed by atoms with Crippen LogP contribution in [0.5, 0.6) is 5.75 Å². The molecule has 1 atom stereocenters. The Kier molecular flexibility index (Phi) is 6.11. The highest BCUT2D eigenvalue weighted by Crippen LogP contribution is 2.34. The Bertz CT molecular complexity index is 740. The van der Waals surface area contributed by atoms with Gasteiger partial charge in [0.05, 0.1) is 0 Å². The monoisotopic (exact) mass is 356 g/mol. The Balaban J connectivity index is 1.60. The third-order valence-corrected chi connectivity index (χ3v) is 5.02. The zero-order chi connectivity index (χ0) is 17.6. The molecule has 4 heteroatoms. The van der Waals surface area contributed by atoms with E-state index in [9.17, 15) is 0 Å². The van der Waals surface area contributed by atoms with Gasteiger partial charge >= 0.3 is 0 Å². The van der Waals surface area contributed by atoms with E-state index >= 15 is 0 Å². The fraction of sp³-hybridized carbons (Fsp3) is 0.381. The van der Waals surface area contributed by atoms with Crippen LogP contribution < -0.4 is 10.5 Å². The minimum atomic E-state index is 0.470. The average Bonchev–Trinajstić information content (AvgIpc) is 2.59. The fourth-order valence-corrected chi connectivity index (χ4v) is 3.29. The standard InChI is InChI=1S/C21H25ClN2O/c1-15-2-7-19(25-13-11-23)14-17(15)10-12-24-21-9-8-20(21)16-3-5-18(22)6-4-16/h2-7,14,20H,8-13,23H2,1H3/b24-21+. The van der Waals surface area contributed by atoms with Crippen molar-refractivity contribution < 1.29 is 4.74 Å². The number of rotatable bonds is 7. The van der Waals surface area contributed by atoms with Crippen molar-refractivity contribution in [2.75, 3.05) is 19.7 Å². The largest absolute Gasteiger partial charge is 0.492 e. The molecule has 1 fully saturated rings. The Morgan fingerprint density at radius 1 is 1.20 bits per heavy atom. The summed E-state index contributed by atoms with van der Waals surface area (Å²) >= 11 is 5.98. The Labute approximate surface area is 154 Å². The van der Waals surface area contributed by atoms with Gasteiger partial charge in [-0.2, -0.15) is 0 Å². The quantitative estimate of drug-likeness (QED) is 0.791. The minimum absolute atomic E-state index is 0.470. The second-order valence-corrected chi connectivity index (χ2v) is 6.93. The summed E-state index contributed by atoms with van der Waals surface area (Å²) in [5.41, 5.74) is 10.7. The van der Waals surface area contributed by atoms with Gasteiger partial charge in [-0.3, -0.25) is 4.99 Å². The third-order valence-electron chi connectivity index (χ3n) is 4.77. The lowest BCUT2D eigenvalue weighted by atomic mass is 9.78. The first kappa shape index (κ1) is 18.0. The zero-order valence-corrected chi connectivity index (χ0v) is 15.4. The van der Waals surface area contributed by atoms with Gasteiger partial charge in [0, 0.05) is 29.7 Å². The molecule has 2 aromatic rings. The van der Waals surface area contributed by atoms with Crippen molar-refractivity contribution in [1.82, 2.24) is 0 Å². The van der Waals surface area contributed by atoms with Crippen molar-refractivity contribution in [3.63, 3.8) is 0 Å². The van der Waals surface area contributed by atoms with Crippen LogP contribution in [0.25, 0.3) is 0 Å². The number of nitrogens with two attached hydrogens (primary N) is 1. The first-order valence-electron chi connectivity index (χ1n) is 8.88. The van der Waals surface area contributed by atoms with Crippen LogP contribution >= 0.6 is 11.6 Å². The summed E-state index contributed by atoms with van der Waals surface area (Å²) in [7, 11) is 0. The van der Waals surface area contributed by atoms with Crippen molar-refractivity contribution >= 4 is 17.3 Å². The molecule has 0 bridgehead atoms. The molecule has 0 saturated heterocycles. The number of halogens is 1. The maximum Gasteiger partial charge on any atom is 0.119 e. The van der Waals surface area contributed by atoms with Gasteiger partial charge in [-0.1, -0.05) is 29.8 Å². The molecule has 2 aromatic carbocycles. The van der Waals surface area contributed by atoms with Crippen LogP contribution in [0.4, 0.5) is 0 Å². The normalized spacial score (nSPS) is 18.2. The second kappa shape index (κ2) is 8.50. The summed E-state index contributed by atoms with van der Waals surface area (Å²) in [6.45, 7) is 4.03. The van der Waals surface area contributed by atoms with Gasteiger partial charge in [0.25, 0.3) is 0 Å². The molecule has 0 amide bonds. The maximum atomic E-state index is 5.98. The molecule has 3 nitrogen and oxygen atoms in total. The van der Waals surface area contributed by atoms with Gasteiger partial charge in [0.2, 0.25) is 0 Å². The summed E-state index contributed by atoms with van der Waals surface area (Å²) in [4.78, 5) is 4.86. The Morgan fingerprint density at radius 3 is 2.68 bits per heavy atom. The van der Waals surface area contributed by atoms with Crippen molar-refractivity contribution in [1.29, 1.82) is 0 Å². The van der Waals surface area contributed by atoms with E-state index in [1.807, 2.05) is 18.2 Å². The molecule has 1 aliphatic rings. The number of aryl methyl sites for hydroxylation is 1. The van der Waals surface area contributed by atoms with Crippen LogP contribution in [0.1, 0.15) is 35.4 Å². The highest BCUT2D eigenvalue weighted by Gasteiger charge is 2.27. The summed E-state index contributed by atoms with van der Waals surface area (Å²) < 4.78 is 5.62. The van der Waals surface area contributed by atoms with E-state index in [1.165, 1.54) is 28.8 Å². The highest BCUT2D eigenvalue weighted by molar-refractivity contribution is 6.30. The molecule has 0 aromatic heterocycles. The average molecular weight is 357 g/mol. The predicted molar refractivity (Wildman–Crippen MR) is 105 cm³/mol. The lowest BCUT2D eigenvalue weighted by Gasteiger charge is -2.29. The predicted octanol–water partition coefficient (Wildman–Crippen LogP) is 4.55. The number of nitrogens with zero attached hydrogens (tertiary/aromatic N) is 1. The molecule has 25 heavy (non-hydrogen) atoms. The molecule has 0 heterocycles. The number of hydrogen-bond donors (Lipinski definition) is 1. The van der Waals surface area contributed by atoms with Crippen LogP contribution in [0.2, 0.25) is 5.02 Å². The molecule has 1 unspecified atom stereocenters. The summed E-state index contributed by atoms with van der Waals surface area (Å²) in [5.74, 6) is 1.36. The van der Waals surface area contributed by atoms with Crippen LogP contribution in [-0.2, 0) is 6.42 Å². The highest BCUT2D eigenvalue weighted by atomic mass is 35.5. The number of ether oxygens (including phenoxy) is 1. The molecule has 1 saturated carbocycles. The molecule has 0 spiro atoms. The van der Waals surface area contributed by atoms with Crippen LogP contribution in [-0.4, -0.2) is 25.4 Å². The van der Waals surface area contributed by atoms with Crippen molar-refractivity contribution in [2.45, 2.75) is 32.1 Å². The van der Waals surface area contributed by atoms with E-state index in [0.29, 0.717) is 19.1 Å². The third kappa shape index (κ3) is 4.62. The molecule has 0 aliphatic heterocycles. The molecule has 0 radical (unpaired) electrons. The van der Waals surface area contributed by atoms with Crippen LogP contribution in [0, 0.1) is 6.92 Å². The van der Waals surface area contributed by atoms with E-state index in [4.69, 9.17) is 27.1 Å². The molecular formula is C21H25ClN2O. The lowest BCUT2D eigenvalue weighted by molar-refractivity contribution is 0.328. The zero-order valence-electron chi connectivity index (χ0n) is 14.7. The van der Waals surface area contributed by atoms with Gasteiger partial charge in [0.1, 0.15) is 12.4 Å². The fourth-order valence-electron chi connectivity index (χ4n) is 3.16. The van der Waals surface area contributed by atoms with E-state index in [0.717, 1.165) is 30.2 Å². The van der Waals surface area contributed by atoms with Gasteiger partial charge in [-0.15, -0.1) is 0 Å². The maximum absolute atomic E-state index is 5.98. The van der Waals surface area contributed by atoms with Crippen molar-refractivity contribution in [2.24, 2.45) is 10.7 Å². The molecule has 3 rings (SSSR count). The van der Waals surface area contributed by atoms with Gasteiger partial charge < -0.3 is 10.5 Å². The first-order chi connectivity index (χ1) is 12.2. The van der Waals surface area contributed by atoms with Gasteiger partial charge in [-0.25, -0.2) is 0 Å². The Morgan fingerprint density at radius 2 is 2.00 bits per heavy atom. The van der Waals surface area contributed by atoms with Crippen LogP contribution in [0.3, 0.4) is 0 Å². The van der Waals surface area contributed by atoms with E-state index in [1.54, 1.807) is 0 Å². The molecule has 1 aliphatic carbocycles. The molecular weight excluding hydrogens is 332 g/mol.